The van der Waals surface area contributed by atoms with Gasteiger partial charge in [-0.05, 0) is 18.9 Å². The van der Waals surface area contributed by atoms with Crippen LogP contribution in [-0.2, 0) is 4.79 Å². The standard InChI is InChI=1S/C11H23NO2/c1-10(9-11(13)14)7-5-3-2-4-6-8-12/h10H,2-9,12H2,1H3,(H,13,14). The van der Waals surface area contributed by atoms with E-state index in [1.54, 1.807) is 0 Å². The van der Waals surface area contributed by atoms with Crippen molar-refractivity contribution in [3.63, 3.8) is 0 Å². The Balaban J connectivity index is 3.14. The summed E-state index contributed by atoms with van der Waals surface area (Å²) in [6.45, 7) is 2.80. The quantitative estimate of drug-likeness (QED) is 0.563. The molecule has 0 aromatic heterocycles. The van der Waals surface area contributed by atoms with Crippen molar-refractivity contribution in [3.8, 4) is 0 Å². The molecule has 0 saturated carbocycles. The normalized spacial score (nSPS) is 12.7. The second kappa shape index (κ2) is 9.00. The number of rotatable bonds is 9. The second-order valence-electron chi connectivity index (χ2n) is 4.05. The molecule has 0 heterocycles. The highest BCUT2D eigenvalue weighted by Crippen LogP contribution is 2.13. The molecule has 0 aromatic rings. The molecule has 3 nitrogen and oxygen atoms in total. The van der Waals surface area contributed by atoms with E-state index in [0.717, 1.165) is 25.8 Å². The van der Waals surface area contributed by atoms with Crippen molar-refractivity contribution in [3.05, 3.63) is 0 Å². The van der Waals surface area contributed by atoms with Crippen LogP contribution in [0.3, 0.4) is 0 Å². The van der Waals surface area contributed by atoms with Gasteiger partial charge >= 0.3 is 5.97 Å². The number of nitrogens with two attached hydrogens (primary N) is 1. The Hall–Kier alpha value is -0.570. The van der Waals surface area contributed by atoms with Gasteiger partial charge in [-0.15, -0.1) is 0 Å². The zero-order valence-corrected chi connectivity index (χ0v) is 9.17. The van der Waals surface area contributed by atoms with Gasteiger partial charge in [0.15, 0.2) is 0 Å². The van der Waals surface area contributed by atoms with Gasteiger partial charge in [-0.25, -0.2) is 0 Å². The molecule has 0 amide bonds. The maximum atomic E-state index is 10.4. The topological polar surface area (TPSA) is 63.3 Å². The number of aliphatic carboxylic acids is 1. The molecule has 0 aromatic carbocycles. The third kappa shape index (κ3) is 9.52. The van der Waals surface area contributed by atoms with Gasteiger partial charge in [-0.2, -0.15) is 0 Å². The highest BCUT2D eigenvalue weighted by Gasteiger charge is 2.06. The van der Waals surface area contributed by atoms with E-state index in [0.29, 0.717) is 12.3 Å². The minimum atomic E-state index is -0.680. The third-order valence-corrected chi connectivity index (χ3v) is 2.42. The van der Waals surface area contributed by atoms with E-state index in [-0.39, 0.29) is 0 Å². The SMILES string of the molecule is CC(CCCCCCCN)CC(=O)O. The summed E-state index contributed by atoms with van der Waals surface area (Å²) in [6, 6.07) is 0. The largest absolute Gasteiger partial charge is 0.481 e. The average Bonchev–Trinajstić information content (AvgIpc) is 2.10. The maximum Gasteiger partial charge on any atom is 0.303 e. The summed E-state index contributed by atoms with van der Waals surface area (Å²) < 4.78 is 0. The molecule has 0 aliphatic rings. The van der Waals surface area contributed by atoms with Crippen LogP contribution in [0.2, 0.25) is 0 Å². The van der Waals surface area contributed by atoms with Crippen LogP contribution in [0.5, 0.6) is 0 Å². The molecule has 0 saturated heterocycles. The van der Waals surface area contributed by atoms with Crippen molar-refractivity contribution in [1.29, 1.82) is 0 Å². The summed E-state index contributed by atoms with van der Waals surface area (Å²) in [6.07, 6.45) is 7.27. The summed E-state index contributed by atoms with van der Waals surface area (Å²) in [7, 11) is 0. The van der Waals surface area contributed by atoms with E-state index < -0.39 is 5.97 Å². The summed E-state index contributed by atoms with van der Waals surface area (Å²) >= 11 is 0. The molecule has 0 aliphatic carbocycles. The first-order valence-electron chi connectivity index (χ1n) is 5.58. The Bertz CT molecular complexity index is 148. The van der Waals surface area contributed by atoms with Gasteiger partial charge in [0.25, 0.3) is 0 Å². The van der Waals surface area contributed by atoms with Crippen molar-refractivity contribution < 1.29 is 9.90 Å². The number of hydrogen-bond donors (Lipinski definition) is 2. The summed E-state index contributed by atoms with van der Waals surface area (Å²) in [5.74, 6) is -0.359. The summed E-state index contributed by atoms with van der Waals surface area (Å²) in [4.78, 5) is 10.4. The Morgan fingerprint density at radius 2 is 1.79 bits per heavy atom. The van der Waals surface area contributed by atoms with Crippen LogP contribution in [0.1, 0.15) is 51.9 Å². The monoisotopic (exact) mass is 201 g/mol. The Morgan fingerprint density at radius 3 is 2.36 bits per heavy atom. The fourth-order valence-corrected chi connectivity index (χ4v) is 1.57. The predicted molar refractivity (Wildman–Crippen MR) is 58.2 cm³/mol. The van der Waals surface area contributed by atoms with Crippen molar-refractivity contribution in [2.75, 3.05) is 6.54 Å². The van der Waals surface area contributed by atoms with Gasteiger partial charge in [-0.1, -0.05) is 39.0 Å². The molecule has 0 rings (SSSR count). The number of carbonyl (C=O) groups is 1. The highest BCUT2D eigenvalue weighted by molar-refractivity contribution is 5.66. The number of carboxylic acid groups (broad SMARTS) is 1. The molecule has 3 N–H and O–H groups in total. The molecule has 0 fully saturated rings. The number of unbranched alkanes of at least 4 members (excludes halogenated alkanes) is 4. The Kier molecular flexibility index (Phi) is 8.64. The maximum absolute atomic E-state index is 10.4. The van der Waals surface area contributed by atoms with Gasteiger partial charge in [0.1, 0.15) is 0 Å². The van der Waals surface area contributed by atoms with Crippen LogP contribution in [0.15, 0.2) is 0 Å². The van der Waals surface area contributed by atoms with E-state index in [1.165, 1.54) is 19.3 Å². The van der Waals surface area contributed by atoms with Crippen LogP contribution < -0.4 is 5.73 Å². The Labute approximate surface area is 86.7 Å². The molecule has 14 heavy (non-hydrogen) atoms. The fourth-order valence-electron chi connectivity index (χ4n) is 1.57. The van der Waals surface area contributed by atoms with Crippen molar-refractivity contribution in [1.82, 2.24) is 0 Å². The van der Waals surface area contributed by atoms with E-state index >= 15 is 0 Å². The van der Waals surface area contributed by atoms with Crippen molar-refractivity contribution in [2.24, 2.45) is 11.7 Å². The minimum absolute atomic E-state index is 0.308. The summed E-state index contributed by atoms with van der Waals surface area (Å²) in [5.41, 5.74) is 5.38. The van der Waals surface area contributed by atoms with Gasteiger partial charge in [0.05, 0.1) is 0 Å². The van der Waals surface area contributed by atoms with Gasteiger partial charge < -0.3 is 10.8 Å². The van der Waals surface area contributed by atoms with Crippen LogP contribution in [0.4, 0.5) is 0 Å². The minimum Gasteiger partial charge on any atom is -0.481 e. The lowest BCUT2D eigenvalue weighted by atomic mass is 9.99. The molecule has 1 atom stereocenters. The highest BCUT2D eigenvalue weighted by atomic mass is 16.4. The lowest BCUT2D eigenvalue weighted by molar-refractivity contribution is -0.138. The van der Waals surface area contributed by atoms with Gasteiger partial charge in [-0.3, -0.25) is 4.79 Å². The smallest absolute Gasteiger partial charge is 0.303 e. The molecule has 1 unspecified atom stereocenters. The molecule has 0 aliphatic heterocycles. The average molecular weight is 201 g/mol. The first kappa shape index (κ1) is 13.4. The predicted octanol–water partition coefficient (Wildman–Crippen LogP) is 2.40. The van der Waals surface area contributed by atoms with E-state index in [1.807, 2.05) is 6.92 Å². The molecular formula is C11H23NO2. The van der Waals surface area contributed by atoms with Crippen LogP contribution in [0.25, 0.3) is 0 Å². The number of carboxylic acids is 1. The zero-order chi connectivity index (χ0) is 10.8. The van der Waals surface area contributed by atoms with Crippen LogP contribution >= 0.6 is 0 Å². The van der Waals surface area contributed by atoms with Crippen LogP contribution in [-0.4, -0.2) is 17.6 Å². The van der Waals surface area contributed by atoms with Gasteiger partial charge in [0.2, 0.25) is 0 Å². The lowest BCUT2D eigenvalue weighted by Crippen LogP contribution is -2.04. The van der Waals surface area contributed by atoms with E-state index in [2.05, 4.69) is 0 Å². The molecule has 0 bridgehead atoms. The fraction of sp³-hybridized carbons (Fsp3) is 0.909. The van der Waals surface area contributed by atoms with E-state index in [4.69, 9.17) is 10.8 Å². The zero-order valence-electron chi connectivity index (χ0n) is 9.17. The molecule has 3 heteroatoms. The number of hydrogen-bond acceptors (Lipinski definition) is 2. The lowest BCUT2D eigenvalue weighted by Gasteiger charge is -2.07. The first-order valence-corrected chi connectivity index (χ1v) is 5.58. The van der Waals surface area contributed by atoms with Crippen molar-refractivity contribution >= 4 is 5.97 Å². The van der Waals surface area contributed by atoms with Crippen molar-refractivity contribution in [2.45, 2.75) is 51.9 Å². The molecule has 0 spiro atoms. The molecular weight excluding hydrogens is 178 g/mol. The molecule has 0 radical (unpaired) electrons. The van der Waals surface area contributed by atoms with Crippen LogP contribution in [0, 0.1) is 5.92 Å². The second-order valence-corrected chi connectivity index (χ2v) is 4.05. The van der Waals surface area contributed by atoms with E-state index in [9.17, 15) is 4.79 Å². The molecule has 84 valence electrons. The first-order chi connectivity index (χ1) is 6.66. The summed E-state index contributed by atoms with van der Waals surface area (Å²) in [5, 5.41) is 8.54. The third-order valence-electron chi connectivity index (χ3n) is 2.42. The Morgan fingerprint density at radius 1 is 1.21 bits per heavy atom. The van der Waals surface area contributed by atoms with Gasteiger partial charge in [0, 0.05) is 6.42 Å².